The second-order valence-electron chi connectivity index (χ2n) is 8.92. The molecular weight excluding hydrogens is 372 g/mol. The van der Waals surface area contributed by atoms with Crippen LogP contribution >= 0.6 is 0 Å². The van der Waals surface area contributed by atoms with Gasteiger partial charge in [0.25, 0.3) is 5.91 Å². The van der Waals surface area contributed by atoms with Gasteiger partial charge in [-0.2, -0.15) is 16.8 Å². The Kier molecular flexibility index (Phi) is 11.5. The molecule has 8 nitrogen and oxygen atoms in total. The topological polar surface area (TPSA) is 120 Å². The molecule has 8 heteroatoms. The first-order valence-electron chi connectivity index (χ1n) is 9.77. The van der Waals surface area contributed by atoms with Crippen LogP contribution in [0.1, 0.15) is 85.5 Å². The molecule has 0 aromatic rings. The van der Waals surface area contributed by atoms with Crippen LogP contribution in [-0.4, -0.2) is 23.4 Å². The summed E-state index contributed by atoms with van der Waals surface area (Å²) in [5.41, 5.74) is 1.32. The molecule has 0 aliphatic heterocycles. The monoisotopic (exact) mass is 404 g/mol. The summed E-state index contributed by atoms with van der Waals surface area (Å²) in [5, 5.41) is 10.5. The third kappa shape index (κ3) is 14.0. The average molecular weight is 405 g/mol. The summed E-state index contributed by atoms with van der Waals surface area (Å²) in [6, 6.07) is 0. The molecule has 160 valence electrons. The molecule has 0 saturated carbocycles. The van der Waals surface area contributed by atoms with E-state index in [0.717, 1.165) is 0 Å². The fourth-order valence-electron chi connectivity index (χ4n) is 2.94. The Hall–Kier alpha value is -2.74. The van der Waals surface area contributed by atoms with Gasteiger partial charge in [-0.15, -0.1) is 0 Å². The summed E-state index contributed by atoms with van der Waals surface area (Å²) in [7, 11) is 0. The van der Waals surface area contributed by atoms with Gasteiger partial charge in [0.2, 0.25) is 5.91 Å². The summed E-state index contributed by atoms with van der Waals surface area (Å²) >= 11 is 0. The lowest BCUT2D eigenvalue weighted by atomic mass is 9.82. The molecule has 0 aliphatic carbocycles. The smallest absolute Gasteiger partial charge is 0.288 e. The summed E-state index contributed by atoms with van der Waals surface area (Å²) in [6.07, 6.45) is 4.86. The van der Waals surface area contributed by atoms with Crippen LogP contribution in [0.4, 0.5) is 0 Å². The predicted molar refractivity (Wildman–Crippen MR) is 108 cm³/mol. The molecule has 0 heterocycles. The summed E-state index contributed by atoms with van der Waals surface area (Å²) < 4.78 is 0. The van der Waals surface area contributed by atoms with Crippen LogP contribution in [0.3, 0.4) is 0 Å². The number of hydrogen-bond donors (Lipinski definition) is 2. The van der Waals surface area contributed by atoms with Gasteiger partial charge in [-0.3, -0.25) is 24.5 Å². The van der Waals surface area contributed by atoms with E-state index in [4.69, 9.17) is 11.8 Å². The first-order valence-corrected chi connectivity index (χ1v) is 9.77. The Balaban J connectivity index is 4.11. The van der Waals surface area contributed by atoms with Crippen LogP contribution in [0.2, 0.25) is 0 Å². The molecular formula is C21H32N4O4. The minimum absolute atomic E-state index is 0.0581. The summed E-state index contributed by atoms with van der Waals surface area (Å²) in [6.45, 7) is 14.1. The zero-order valence-electron chi connectivity index (χ0n) is 17.9. The Bertz CT molecular complexity index is 626. The number of ketones is 2. The van der Waals surface area contributed by atoms with E-state index in [1.54, 1.807) is 6.19 Å². The molecule has 0 rings (SSSR count). The standard InChI is InChI=1S/C21H32N4O4/c1-20(2,13-18(28)24-15-22)11-9-16(26)7-6-8-17(27)10-12-21(3,4)14-19(29)25-23-5/h6-14H2,1-4H3,(H,24,28)(H,25,29). The van der Waals surface area contributed by atoms with Gasteiger partial charge in [-0.1, -0.05) is 33.1 Å². The van der Waals surface area contributed by atoms with Gasteiger partial charge in [0.15, 0.2) is 6.19 Å². The minimum Gasteiger partial charge on any atom is -0.300 e. The highest BCUT2D eigenvalue weighted by molar-refractivity contribution is 5.82. The first kappa shape index (κ1) is 26.3. The van der Waals surface area contributed by atoms with Crippen LogP contribution in [0.25, 0.3) is 4.95 Å². The Morgan fingerprint density at radius 1 is 0.862 bits per heavy atom. The highest BCUT2D eigenvalue weighted by Crippen LogP contribution is 2.28. The fraction of sp³-hybridized carbons (Fsp3) is 0.714. The largest absolute Gasteiger partial charge is 0.300 e. The van der Waals surface area contributed by atoms with Gasteiger partial charge < -0.3 is 0 Å². The van der Waals surface area contributed by atoms with Crippen LogP contribution in [0.5, 0.6) is 0 Å². The first-order chi connectivity index (χ1) is 13.4. The number of nitrogens with zero attached hydrogens (tertiary/aromatic N) is 2. The lowest BCUT2D eigenvalue weighted by Gasteiger charge is -2.22. The predicted octanol–water partition coefficient (Wildman–Crippen LogP) is 3.24. The maximum atomic E-state index is 12.1. The zero-order valence-corrected chi connectivity index (χ0v) is 17.9. The van der Waals surface area contributed by atoms with Gasteiger partial charge in [0.1, 0.15) is 11.6 Å². The van der Waals surface area contributed by atoms with Crippen molar-refractivity contribution in [3.63, 3.8) is 0 Å². The molecule has 0 spiro atoms. The molecule has 2 N–H and O–H groups in total. The molecule has 0 bridgehead atoms. The zero-order chi connectivity index (χ0) is 22.5. The number of nitrogens with one attached hydrogen (secondary N) is 2. The number of hydrogen-bond acceptors (Lipinski definition) is 5. The van der Waals surface area contributed by atoms with Crippen molar-refractivity contribution in [3.8, 4) is 6.19 Å². The number of rotatable bonds is 14. The van der Waals surface area contributed by atoms with Gasteiger partial charge in [0, 0.05) is 38.5 Å². The lowest BCUT2D eigenvalue weighted by Crippen LogP contribution is -2.26. The lowest BCUT2D eigenvalue weighted by molar-refractivity contribution is -0.124. The normalized spacial score (nSPS) is 11.1. The second-order valence-corrected chi connectivity index (χ2v) is 8.92. The number of carbonyl (C=O) groups is 4. The molecule has 0 fully saturated rings. The SMILES string of the molecule is [C-]#[N+]NC(=O)CC(C)(C)CCC(=O)CCCC(=O)CCC(C)(C)CC(=O)NC#N. The van der Waals surface area contributed by atoms with Crippen molar-refractivity contribution < 1.29 is 19.2 Å². The van der Waals surface area contributed by atoms with Gasteiger partial charge >= 0.3 is 0 Å². The summed E-state index contributed by atoms with van der Waals surface area (Å²) in [5.74, 6) is -0.589. The van der Waals surface area contributed by atoms with Crippen LogP contribution in [0, 0.1) is 28.9 Å². The van der Waals surface area contributed by atoms with Gasteiger partial charge in [-0.25, -0.2) is 0 Å². The van der Waals surface area contributed by atoms with E-state index in [0.29, 0.717) is 44.9 Å². The fourth-order valence-corrected chi connectivity index (χ4v) is 2.94. The molecule has 0 unspecified atom stereocenters. The second kappa shape index (κ2) is 12.7. The van der Waals surface area contributed by atoms with E-state index in [9.17, 15) is 19.2 Å². The molecule has 0 atom stereocenters. The van der Waals surface area contributed by atoms with E-state index in [2.05, 4.69) is 15.7 Å². The van der Waals surface area contributed by atoms with Crippen molar-refractivity contribution in [2.45, 2.75) is 85.5 Å². The van der Waals surface area contributed by atoms with Crippen LogP contribution in [0.15, 0.2) is 0 Å². The van der Waals surface area contributed by atoms with E-state index in [-0.39, 0.29) is 47.1 Å². The number of nitriles is 1. The van der Waals surface area contributed by atoms with Crippen molar-refractivity contribution in [1.82, 2.24) is 10.7 Å². The molecule has 0 aromatic heterocycles. The van der Waals surface area contributed by atoms with Crippen molar-refractivity contribution in [3.05, 3.63) is 11.5 Å². The third-order valence-corrected chi connectivity index (χ3v) is 4.73. The maximum Gasteiger partial charge on any atom is 0.288 e. The summed E-state index contributed by atoms with van der Waals surface area (Å²) in [4.78, 5) is 49.9. The van der Waals surface area contributed by atoms with Crippen LogP contribution < -0.4 is 10.7 Å². The molecule has 0 aliphatic rings. The molecule has 29 heavy (non-hydrogen) atoms. The van der Waals surface area contributed by atoms with E-state index >= 15 is 0 Å². The Labute approximate surface area is 173 Å². The molecule has 0 radical (unpaired) electrons. The molecule has 0 saturated heterocycles. The van der Waals surface area contributed by atoms with E-state index in [1.807, 2.05) is 27.7 Å². The van der Waals surface area contributed by atoms with Crippen LogP contribution in [-0.2, 0) is 19.2 Å². The van der Waals surface area contributed by atoms with Gasteiger partial charge in [0.05, 0.1) is 0 Å². The van der Waals surface area contributed by atoms with Gasteiger partial charge in [-0.05, 0) is 30.1 Å². The van der Waals surface area contributed by atoms with Crippen molar-refractivity contribution in [2.75, 3.05) is 0 Å². The van der Waals surface area contributed by atoms with Crippen molar-refractivity contribution >= 4 is 23.4 Å². The quantitative estimate of drug-likeness (QED) is 0.199. The third-order valence-electron chi connectivity index (χ3n) is 4.73. The Morgan fingerprint density at radius 3 is 1.72 bits per heavy atom. The highest BCUT2D eigenvalue weighted by atomic mass is 16.2. The van der Waals surface area contributed by atoms with Crippen molar-refractivity contribution in [2.24, 2.45) is 10.8 Å². The number of Topliss-reactive ketones (excluding diaryl/α,β-unsaturated/α-hetero) is 2. The van der Waals surface area contributed by atoms with E-state index < -0.39 is 0 Å². The minimum atomic E-state index is -0.377. The molecule has 0 aromatic carbocycles. The van der Waals surface area contributed by atoms with E-state index in [1.165, 1.54) is 0 Å². The Morgan fingerprint density at radius 2 is 1.31 bits per heavy atom. The molecule has 2 amide bonds. The average Bonchev–Trinajstić information content (AvgIpc) is 2.58. The van der Waals surface area contributed by atoms with Crippen molar-refractivity contribution in [1.29, 1.82) is 5.26 Å². The highest BCUT2D eigenvalue weighted by Gasteiger charge is 2.25. The number of amides is 2. The number of carbonyl (C=O) groups excluding carboxylic acids is 4. The maximum absolute atomic E-state index is 12.1.